The van der Waals surface area contributed by atoms with E-state index in [1.807, 2.05) is 4.57 Å². The summed E-state index contributed by atoms with van der Waals surface area (Å²) in [6.07, 6.45) is 4.37. The Balaban J connectivity index is 2.10. The van der Waals surface area contributed by atoms with E-state index in [4.69, 9.17) is 12.2 Å². The molecule has 1 atom stereocenters. The topological polar surface area (TPSA) is 41.0 Å². The standard InChI is InChI=1S/C11H17N3OS/c1-9(8-13-5-2-3-6-13)14-7-4-10(15)12-11(14)16/h4,7,9H,2-3,5-6,8H2,1H3,(H,12,15,16). The van der Waals surface area contributed by atoms with Gasteiger partial charge in [-0.1, -0.05) is 0 Å². The highest BCUT2D eigenvalue weighted by molar-refractivity contribution is 7.71. The molecule has 1 saturated heterocycles. The second-order valence-corrected chi connectivity index (χ2v) is 4.76. The van der Waals surface area contributed by atoms with Gasteiger partial charge in [-0.3, -0.25) is 9.78 Å². The molecule has 16 heavy (non-hydrogen) atoms. The van der Waals surface area contributed by atoms with Gasteiger partial charge in [-0.2, -0.15) is 0 Å². The molecule has 5 heteroatoms. The fourth-order valence-electron chi connectivity index (χ4n) is 2.20. The molecule has 0 spiro atoms. The highest BCUT2D eigenvalue weighted by atomic mass is 32.1. The van der Waals surface area contributed by atoms with E-state index in [9.17, 15) is 4.79 Å². The van der Waals surface area contributed by atoms with E-state index in [1.165, 1.54) is 32.0 Å². The van der Waals surface area contributed by atoms with Crippen molar-refractivity contribution in [3.05, 3.63) is 27.4 Å². The lowest BCUT2D eigenvalue weighted by atomic mass is 10.3. The maximum absolute atomic E-state index is 11.1. The Morgan fingerprint density at radius 2 is 2.19 bits per heavy atom. The molecule has 0 radical (unpaired) electrons. The first-order chi connectivity index (χ1) is 7.66. The van der Waals surface area contributed by atoms with E-state index in [0.29, 0.717) is 10.8 Å². The normalized spacial score (nSPS) is 18.8. The summed E-state index contributed by atoms with van der Waals surface area (Å²) in [6.45, 7) is 5.49. The van der Waals surface area contributed by atoms with E-state index in [2.05, 4.69) is 16.8 Å². The minimum absolute atomic E-state index is 0.130. The number of nitrogens with zero attached hydrogens (tertiary/aromatic N) is 2. The SMILES string of the molecule is CC(CN1CCCC1)n1ccc(=O)[nH]c1=S. The van der Waals surface area contributed by atoms with Crippen molar-refractivity contribution < 1.29 is 0 Å². The van der Waals surface area contributed by atoms with Gasteiger partial charge in [-0.05, 0) is 45.1 Å². The Morgan fingerprint density at radius 3 is 2.81 bits per heavy atom. The Bertz CT molecular complexity index is 459. The molecule has 2 rings (SSSR count). The third-order valence-electron chi connectivity index (χ3n) is 3.05. The van der Waals surface area contributed by atoms with Gasteiger partial charge < -0.3 is 9.47 Å². The van der Waals surface area contributed by atoms with Crippen LogP contribution in [-0.4, -0.2) is 34.1 Å². The van der Waals surface area contributed by atoms with Crippen molar-refractivity contribution in [3.63, 3.8) is 0 Å². The zero-order valence-corrected chi connectivity index (χ0v) is 10.3. The van der Waals surface area contributed by atoms with Crippen LogP contribution in [0.4, 0.5) is 0 Å². The molecule has 0 aliphatic carbocycles. The molecular weight excluding hydrogens is 222 g/mol. The second kappa shape index (κ2) is 4.93. The molecule has 1 aromatic rings. The average molecular weight is 239 g/mol. The van der Waals surface area contributed by atoms with Gasteiger partial charge in [0.05, 0.1) is 0 Å². The quantitative estimate of drug-likeness (QED) is 0.814. The number of aromatic nitrogens is 2. The molecule has 2 heterocycles. The number of rotatable bonds is 3. The number of nitrogens with one attached hydrogen (secondary N) is 1. The molecule has 1 unspecified atom stereocenters. The summed E-state index contributed by atoms with van der Waals surface area (Å²) in [5.74, 6) is 0. The number of hydrogen-bond acceptors (Lipinski definition) is 3. The molecule has 0 aromatic carbocycles. The van der Waals surface area contributed by atoms with Crippen molar-refractivity contribution in [1.82, 2.24) is 14.5 Å². The van der Waals surface area contributed by atoms with Gasteiger partial charge in [0.25, 0.3) is 5.56 Å². The van der Waals surface area contributed by atoms with Gasteiger partial charge in [-0.25, -0.2) is 0 Å². The number of likely N-dealkylation sites (tertiary alicyclic amines) is 1. The minimum Gasteiger partial charge on any atom is -0.321 e. The molecule has 0 bridgehead atoms. The number of H-pyrrole nitrogens is 1. The van der Waals surface area contributed by atoms with Crippen LogP contribution in [0.15, 0.2) is 17.1 Å². The first-order valence-electron chi connectivity index (χ1n) is 5.70. The van der Waals surface area contributed by atoms with Gasteiger partial charge in [-0.15, -0.1) is 0 Å². The van der Waals surface area contributed by atoms with Crippen LogP contribution < -0.4 is 5.56 Å². The van der Waals surface area contributed by atoms with Crippen LogP contribution in [0, 0.1) is 4.77 Å². The Kier molecular flexibility index (Phi) is 3.56. The number of aromatic amines is 1. The van der Waals surface area contributed by atoms with Gasteiger partial charge in [0.15, 0.2) is 4.77 Å². The van der Waals surface area contributed by atoms with Crippen molar-refractivity contribution in [2.24, 2.45) is 0 Å². The van der Waals surface area contributed by atoms with E-state index in [1.54, 1.807) is 6.20 Å². The first-order valence-corrected chi connectivity index (χ1v) is 6.11. The molecule has 1 N–H and O–H groups in total. The van der Waals surface area contributed by atoms with Gasteiger partial charge in [0.2, 0.25) is 0 Å². The maximum Gasteiger partial charge on any atom is 0.251 e. The molecular formula is C11H17N3OS. The summed E-state index contributed by atoms with van der Waals surface area (Å²) < 4.78 is 2.47. The van der Waals surface area contributed by atoms with Crippen molar-refractivity contribution in [3.8, 4) is 0 Å². The monoisotopic (exact) mass is 239 g/mol. The lowest BCUT2D eigenvalue weighted by molar-refractivity contribution is 0.285. The fourth-order valence-corrected chi connectivity index (χ4v) is 2.54. The molecule has 0 amide bonds. The van der Waals surface area contributed by atoms with Crippen LogP contribution in [0.5, 0.6) is 0 Å². The minimum atomic E-state index is -0.130. The Hall–Kier alpha value is -0.940. The van der Waals surface area contributed by atoms with E-state index in [-0.39, 0.29) is 5.56 Å². The lowest BCUT2D eigenvalue weighted by Crippen LogP contribution is -2.28. The van der Waals surface area contributed by atoms with Crippen molar-refractivity contribution in [2.45, 2.75) is 25.8 Å². The summed E-state index contributed by atoms with van der Waals surface area (Å²) in [7, 11) is 0. The van der Waals surface area contributed by atoms with E-state index in [0.717, 1.165) is 6.54 Å². The Morgan fingerprint density at radius 1 is 1.50 bits per heavy atom. The van der Waals surface area contributed by atoms with Crippen LogP contribution in [0.25, 0.3) is 0 Å². The average Bonchev–Trinajstić information content (AvgIpc) is 2.70. The third-order valence-corrected chi connectivity index (χ3v) is 3.36. The molecule has 0 saturated carbocycles. The zero-order chi connectivity index (χ0) is 11.5. The molecule has 1 aliphatic heterocycles. The smallest absolute Gasteiger partial charge is 0.251 e. The zero-order valence-electron chi connectivity index (χ0n) is 9.48. The highest BCUT2D eigenvalue weighted by Crippen LogP contribution is 2.13. The molecule has 1 aliphatic rings. The summed E-state index contributed by atoms with van der Waals surface area (Å²) in [6, 6.07) is 1.83. The second-order valence-electron chi connectivity index (χ2n) is 4.37. The lowest BCUT2D eigenvalue weighted by Gasteiger charge is -2.22. The summed E-state index contributed by atoms with van der Waals surface area (Å²) in [5, 5.41) is 0. The highest BCUT2D eigenvalue weighted by Gasteiger charge is 2.15. The van der Waals surface area contributed by atoms with Gasteiger partial charge in [0.1, 0.15) is 0 Å². The van der Waals surface area contributed by atoms with Crippen LogP contribution in [0.2, 0.25) is 0 Å². The summed E-state index contributed by atoms with van der Waals surface area (Å²) in [4.78, 5) is 16.2. The van der Waals surface area contributed by atoms with Crippen LogP contribution >= 0.6 is 12.2 Å². The van der Waals surface area contributed by atoms with Crippen molar-refractivity contribution in [2.75, 3.05) is 19.6 Å². The fraction of sp³-hybridized carbons (Fsp3) is 0.636. The Labute approximate surface area is 99.9 Å². The predicted octanol–water partition coefficient (Wildman–Crippen LogP) is 1.56. The largest absolute Gasteiger partial charge is 0.321 e. The van der Waals surface area contributed by atoms with Crippen LogP contribution in [0.1, 0.15) is 25.8 Å². The van der Waals surface area contributed by atoms with Crippen LogP contribution in [0.3, 0.4) is 0 Å². The molecule has 88 valence electrons. The molecule has 1 fully saturated rings. The van der Waals surface area contributed by atoms with Gasteiger partial charge in [0, 0.05) is 24.8 Å². The first kappa shape index (κ1) is 11.5. The van der Waals surface area contributed by atoms with Crippen molar-refractivity contribution >= 4 is 12.2 Å². The van der Waals surface area contributed by atoms with Gasteiger partial charge >= 0.3 is 0 Å². The number of hydrogen-bond donors (Lipinski definition) is 1. The third kappa shape index (κ3) is 2.59. The predicted molar refractivity (Wildman–Crippen MR) is 66.3 cm³/mol. The van der Waals surface area contributed by atoms with Crippen LogP contribution in [-0.2, 0) is 0 Å². The maximum atomic E-state index is 11.1. The van der Waals surface area contributed by atoms with E-state index < -0.39 is 0 Å². The van der Waals surface area contributed by atoms with Crippen molar-refractivity contribution in [1.29, 1.82) is 0 Å². The summed E-state index contributed by atoms with van der Waals surface area (Å²) in [5.41, 5.74) is -0.130. The van der Waals surface area contributed by atoms with E-state index >= 15 is 0 Å². The summed E-state index contributed by atoms with van der Waals surface area (Å²) >= 11 is 5.15. The molecule has 4 nitrogen and oxygen atoms in total. The molecule has 1 aromatic heterocycles.